The van der Waals surface area contributed by atoms with Gasteiger partial charge in [0.25, 0.3) is 10.0 Å². The lowest BCUT2D eigenvalue weighted by atomic mass is 10.1. The van der Waals surface area contributed by atoms with E-state index in [0.29, 0.717) is 5.56 Å². The van der Waals surface area contributed by atoms with E-state index in [9.17, 15) is 12.8 Å². The molecule has 3 nitrogen and oxygen atoms in total. The molecular formula is C16H18FNO2S. The SMILES string of the molecule is CCCc1ccc(S(=O)(=O)Nc2ccc(C)c(F)c2)cc1. The molecule has 2 aromatic carbocycles. The first-order valence-corrected chi connectivity index (χ1v) is 8.28. The summed E-state index contributed by atoms with van der Waals surface area (Å²) in [6.07, 6.45) is 1.92. The number of anilines is 1. The van der Waals surface area contributed by atoms with Crippen LogP contribution in [-0.4, -0.2) is 8.42 Å². The fourth-order valence-electron chi connectivity index (χ4n) is 1.99. The second kappa shape index (κ2) is 6.26. The van der Waals surface area contributed by atoms with Gasteiger partial charge in [-0.2, -0.15) is 0 Å². The van der Waals surface area contributed by atoms with Crippen molar-refractivity contribution in [3.05, 3.63) is 59.4 Å². The molecular weight excluding hydrogens is 289 g/mol. The maximum atomic E-state index is 13.5. The largest absolute Gasteiger partial charge is 0.280 e. The number of hydrogen-bond acceptors (Lipinski definition) is 2. The molecule has 112 valence electrons. The van der Waals surface area contributed by atoms with E-state index in [-0.39, 0.29) is 10.6 Å². The minimum absolute atomic E-state index is 0.170. The molecule has 0 saturated heterocycles. The Morgan fingerprint density at radius 2 is 1.76 bits per heavy atom. The number of hydrogen-bond donors (Lipinski definition) is 1. The van der Waals surface area contributed by atoms with Crippen molar-refractivity contribution in [3.63, 3.8) is 0 Å². The monoisotopic (exact) mass is 307 g/mol. The van der Waals surface area contributed by atoms with Crippen molar-refractivity contribution in [2.24, 2.45) is 0 Å². The molecule has 0 aliphatic rings. The van der Waals surface area contributed by atoms with Crippen molar-refractivity contribution in [2.75, 3.05) is 4.72 Å². The Bertz CT molecular complexity index is 724. The Morgan fingerprint density at radius 3 is 2.33 bits per heavy atom. The second-order valence-electron chi connectivity index (χ2n) is 4.96. The van der Waals surface area contributed by atoms with Crippen molar-refractivity contribution >= 4 is 15.7 Å². The maximum absolute atomic E-state index is 13.5. The standard InChI is InChI=1S/C16H18FNO2S/c1-3-4-13-6-9-15(10-7-13)21(19,20)18-14-8-5-12(2)16(17)11-14/h5-11,18H,3-4H2,1-2H3. The van der Waals surface area contributed by atoms with E-state index < -0.39 is 15.8 Å². The van der Waals surface area contributed by atoms with Gasteiger partial charge >= 0.3 is 0 Å². The van der Waals surface area contributed by atoms with Gasteiger partial charge in [0.1, 0.15) is 5.82 Å². The lowest BCUT2D eigenvalue weighted by molar-refractivity contribution is 0.601. The molecule has 5 heteroatoms. The van der Waals surface area contributed by atoms with Gasteiger partial charge in [0.05, 0.1) is 10.6 Å². The molecule has 0 unspecified atom stereocenters. The molecule has 0 fully saturated rings. The van der Waals surface area contributed by atoms with Gasteiger partial charge < -0.3 is 0 Å². The van der Waals surface area contributed by atoms with Crippen LogP contribution in [0.5, 0.6) is 0 Å². The topological polar surface area (TPSA) is 46.2 Å². The summed E-state index contributed by atoms with van der Waals surface area (Å²) in [7, 11) is -3.69. The quantitative estimate of drug-likeness (QED) is 0.911. The first kappa shape index (κ1) is 15.5. The molecule has 0 saturated carbocycles. The number of sulfonamides is 1. The Labute approximate surface area is 124 Å². The highest BCUT2D eigenvalue weighted by molar-refractivity contribution is 7.92. The van der Waals surface area contributed by atoms with Gasteiger partial charge in [0.2, 0.25) is 0 Å². The molecule has 1 N–H and O–H groups in total. The summed E-state index contributed by atoms with van der Waals surface area (Å²) in [4.78, 5) is 0.170. The van der Waals surface area contributed by atoms with E-state index in [1.165, 1.54) is 12.1 Å². The van der Waals surface area contributed by atoms with E-state index in [4.69, 9.17) is 0 Å². The van der Waals surface area contributed by atoms with Crippen LogP contribution in [0.2, 0.25) is 0 Å². The average Bonchev–Trinajstić information content (AvgIpc) is 2.44. The summed E-state index contributed by atoms with van der Waals surface area (Å²) in [5.74, 6) is -0.437. The van der Waals surface area contributed by atoms with Crippen LogP contribution in [0.15, 0.2) is 47.4 Å². The zero-order chi connectivity index (χ0) is 15.5. The van der Waals surface area contributed by atoms with Crippen LogP contribution in [-0.2, 0) is 16.4 Å². The van der Waals surface area contributed by atoms with Crippen LogP contribution in [0, 0.1) is 12.7 Å². The van der Waals surface area contributed by atoms with Crippen molar-refractivity contribution in [2.45, 2.75) is 31.6 Å². The molecule has 0 heterocycles. The van der Waals surface area contributed by atoms with E-state index in [1.807, 2.05) is 0 Å². The molecule has 0 atom stereocenters. The molecule has 0 radical (unpaired) electrons. The molecule has 0 bridgehead atoms. The highest BCUT2D eigenvalue weighted by Crippen LogP contribution is 2.19. The van der Waals surface area contributed by atoms with E-state index in [2.05, 4.69) is 11.6 Å². The third kappa shape index (κ3) is 3.82. The molecule has 2 rings (SSSR count). The third-order valence-electron chi connectivity index (χ3n) is 3.20. The van der Waals surface area contributed by atoms with Crippen molar-refractivity contribution in [1.82, 2.24) is 0 Å². The van der Waals surface area contributed by atoms with Crippen LogP contribution < -0.4 is 4.72 Å². The highest BCUT2D eigenvalue weighted by Gasteiger charge is 2.14. The van der Waals surface area contributed by atoms with E-state index in [0.717, 1.165) is 18.4 Å². The molecule has 2 aromatic rings. The predicted octanol–water partition coefficient (Wildman–Crippen LogP) is 3.89. The summed E-state index contributed by atoms with van der Waals surface area (Å²) in [5.41, 5.74) is 1.79. The summed E-state index contributed by atoms with van der Waals surface area (Å²) in [6.45, 7) is 3.69. The van der Waals surface area contributed by atoms with Crippen molar-refractivity contribution in [1.29, 1.82) is 0 Å². The smallest absolute Gasteiger partial charge is 0.261 e. The zero-order valence-corrected chi connectivity index (χ0v) is 12.9. The lowest BCUT2D eigenvalue weighted by Gasteiger charge is -2.09. The summed E-state index contributed by atoms with van der Waals surface area (Å²) in [6, 6.07) is 11.0. The van der Waals surface area contributed by atoms with Crippen LogP contribution in [0.3, 0.4) is 0 Å². The third-order valence-corrected chi connectivity index (χ3v) is 4.59. The van der Waals surface area contributed by atoms with Gasteiger partial charge in [-0.3, -0.25) is 4.72 Å². The van der Waals surface area contributed by atoms with Gasteiger partial charge in [-0.1, -0.05) is 31.5 Å². The molecule has 0 aliphatic carbocycles. The fourth-order valence-corrected chi connectivity index (χ4v) is 3.04. The number of rotatable bonds is 5. The van der Waals surface area contributed by atoms with Crippen LogP contribution in [0.25, 0.3) is 0 Å². The Hall–Kier alpha value is -1.88. The van der Waals surface area contributed by atoms with Gasteiger partial charge in [-0.15, -0.1) is 0 Å². The zero-order valence-electron chi connectivity index (χ0n) is 12.1. The van der Waals surface area contributed by atoms with Crippen LogP contribution >= 0.6 is 0 Å². The van der Waals surface area contributed by atoms with Gasteiger partial charge in [0.15, 0.2) is 0 Å². The second-order valence-corrected chi connectivity index (χ2v) is 6.65. The van der Waals surface area contributed by atoms with E-state index >= 15 is 0 Å². The highest BCUT2D eigenvalue weighted by atomic mass is 32.2. The first-order valence-electron chi connectivity index (χ1n) is 6.80. The fraction of sp³-hybridized carbons (Fsp3) is 0.250. The van der Waals surface area contributed by atoms with Crippen molar-refractivity contribution < 1.29 is 12.8 Å². The molecule has 0 spiro atoms. The van der Waals surface area contributed by atoms with Gasteiger partial charge in [0, 0.05) is 0 Å². The Morgan fingerprint density at radius 1 is 1.10 bits per heavy atom. The normalized spacial score (nSPS) is 11.4. The van der Waals surface area contributed by atoms with Crippen molar-refractivity contribution in [3.8, 4) is 0 Å². The van der Waals surface area contributed by atoms with Crippen LogP contribution in [0.1, 0.15) is 24.5 Å². The molecule has 21 heavy (non-hydrogen) atoms. The maximum Gasteiger partial charge on any atom is 0.261 e. The number of nitrogens with one attached hydrogen (secondary N) is 1. The first-order chi connectivity index (χ1) is 9.92. The number of halogens is 1. The number of aryl methyl sites for hydroxylation is 2. The Kier molecular flexibility index (Phi) is 4.63. The minimum atomic E-state index is -3.69. The summed E-state index contributed by atoms with van der Waals surface area (Å²) in [5, 5.41) is 0. The number of benzene rings is 2. The van der Waals surface area contributed by atoms with Crippen LogP contribution in [0.4, 0.5) is 10.1 Å². The molecule has 0 aliphatic heterocycles. The minimum Gasteiger partial charge on any atom is -0.280 e. The lowest BCUT2D eigenvalue weighted by Crippen LogP contribution is -2.13. The molecule has 0 amide bonds. The summed E-state index contributed by atoms with van der Waals surface area (Å²) < 4.78 is 40.3. The molecule has 0 aromatic heterocycles. The van der Waals surface area contributed by atoms with Gasteiger partial charge in [-0.05, 0) is 48.7 Å². The Balaban J connectivity index is 2.23. The average molecular weight is 307 g/mol. The summed E-state index contributed by atoms with van der Waals surface area (Å²) >= 11 is 0. The van der Waals surface area contributed by atoms with Gasteiger partial charge in [-0.25, -0.2) is 12.8 Å². The van der Waals surface area contributed by atoms with E-state index in [1.54, 1.807) is 37.3 Å². The predicted molar refractivity (Wildman–Crippen MR) is 82.4 cm³/mol.